The molecule has 73 heavy (non-hydrogen) atoms. The van der Waals surface area contributed by atoms with E-state index in [-0.39, 0.29) is 71.9 Å². The second kappa shape index (κ2) is 20.4. The van der Waals surface area contributed by atoms with Crippen LogP contribution in [0.2, 0.25) is 0 Å². The van der Waals surface area contributed by atoms with Crippen LogP contribution in [-0.2, 0) is 97.0 Å². The number of hydrogen-bond acceptors (Lipinski definition) is 24. The highest BCUT2D eigenvalue weighted by atomic mass is 32.2. The standard InChI is InChI=1S/C22H19BN4O8S2.C21H19N5O8S2/c1-11-25-15(9-36-11)18(26-33-8-12-3-2-4-24-7-12)16(28)6-14-19(30)27-20(14)37(32)10-13-5-17(29)34-22(13,27)21(31)35-23;22-20-24-13(8-35-20)16(25-33-7-10-2-1-3-23-6-10)14(27)5-12-17(29)26-18(12)36(32)9-11-4-15(28)34-21(11,26)19(30)31/h2-4,7,9,13-14,20H,5-6,8,10H2,1H3;1-3,6,8,11-12,18H,4-5,7,9H2,(H2,22,24)(H,30,31)/b26-18-;25-16-/t13-,14+,20+,22+,37-;11-,12+,18+,21+,36-/m00/s1. The topological polar surface area (TPSA) is 346 Å². The fourth-order valence-electron chi connectivity index (χ4n) is 9.40. The van der Waals surface area contributed by atoms with E-state index in [9.17, 15) is 51.9 Å². The molecule has 30 heteroatoms. The fourth-order valence-corrected chi connectivity index (χ4v) is 14.6. The van der Waals surface area contributed by atoms with Crippen molar-refractivity contribution in [2.75, 3.05) is 17.2 Å². The van der Waals surface area contributed by atoms with Gasteiger partial charge in [0.05, 0.1) is 41.5 Å². The Morgan fingerprint density at radius 3 is 1.71 bits per heavy atom. The lowest BCUT2D eigenvalue weighted by atomic mass is 9.84. The highest BCUT2D eigenvalue weighted by Gasteiger charge is 2.74. The van der Waals surface area contributed by atoms with Crippen LogP contribution in [0, 0.1) is 30.6 Å². The van der Waals surface area contributed by atoms with Gasteiger partial charge in [-0.25, -0.2) is 19.6 Å². The minimum Gasteiger partial charge on any atom is -0.539 e. The van der Waals surface area contributed by atoms with Crippen LogP contribution in [0.3, 0.4) is 0 Å². The second-order valence-electron chi connectivity index (χ2n) is 17.1. The molecule has 0 unspecified atom stereocenters. The molecule has 6 saturated heterocycles. The van der Waals surface area contributed by atoms with Crippen molar-refractivity contribution in [2.45, 2.75) is 68.0 Å². The molecule has 6 aliphatic heterocycles. The molecule has 0 aromatic carbocycles. The molecule has 2 amide bonds. The number of oxime groups is 2. The number of nitrogens with zero attached hydrogens (tertiary/aromatic N) is 8. The average Bonchev–Trinajstić information content (AvgIpc) is 4.16. The lowest BCUT2D eigenvalue weighted by Crippen LogP contribution is -2.78. The largest absolute Gasteiger partial charge is 0.539 e. The minimum atomic E-state index is -2.21. The predicted octanol–water partition coefficient (Wildman–Crippen LogP) is 0.0507. The molecule has 0 bridgehead atoms. The Morgan fingerprint density at radius 2 is 1.27 bits per heavy atom. The van der Waals surface area contributed by atoms with E-state index < -0.39 is 121 Å². The summed E-state index contributed by atoms with van der Waals surface area (Å²) in [5.41, 5.74) is 2.98. The molecule has 10 rings (SSSR count). The zero-order valence-corrected chi connectivity index (χ0v) is 41.1. The third-order valence-electron chi connectivity index (χ3n) is 12.7. The first-order valence-corrected chi connectivity index (χ1v) is 26.4. The van der Waals surface area contributed by atoms with Crippen molar-refractivity contribution < 1.29 is 75.7 Å². The summed E-state index contributed by atoms with van der Waals surface area (Å²) in [7, 11) is 1.70. The monoisotopic (exact) mass is 1080 g/mol. The third-order valence-corrected chi connectivity index (χ3v) is 17.7. The van der Waals surface area contributed by atoms with Crippen LogP contribution >= 0.6 is 22.7 Å². The number of carboxylic acid groups (broad SMARTS) is 1. The number of fused-ring (bicyclic) bond motifs is 6. The lowest BCUT2D eigenvalue weighted by molar-refractivity contribution is -0.220. The molecule has 6 aliphatic rings. The van der Waals surface area contributed by atoms with Gasteiger partial charge >= 0.3 is 31.9 Å². The number of carboxylic acids is 1. The van der Waals surface area contributed by atoms with Gasteiger partial charge in [0.1, 0.15) is 35.3 Å². The van der Waals surface area contributed by atoms with Gasteiger partial charge in [-0.2, -0.15) is 0 Å². The number of carbonyl (C=O) groups is 8. The Morgan fingerprint density at radius 1 is 0.795 bits per heavy atom. The molecule has 25 nitrogen and oxygen atoms in total. The van der Waals surface area contributed by atoms with E-state index in [2.05, 4.69) is 34.9 Å². The number of aromatic nitrogens is 4. The molecule has 0 aliphatic carbocycles. The Bertz CT molecular complexity index is 3050. The number of nitrogen functional groups attached to an aromatic ring is 1. The molecule has 10 heterocycles. The molecule has 3 N–H and O–H groups in total. The summed E-state index contributed by atoms with van der Waals surface area (Å²) >= 11 is 2.39. The minimum absolute atomic E-state index is 0.0148. The summed E-state index contributed by atoms with van der Waals surface area (Å²) in [6, 6.07) is 6.98. The van der Waals surface area contributed by atoms with Crippen molar-refractivity contribution >= 4 is 116 Å². The highest BCUT2D eigenvalue weighted by Crippen LogP contribution is 2.52. The van der Waals surface area contributed by atoms with E-state index in [0.29, 0.717) is 10.6 Å². The Labute approximate surface area is 426 Å². The fraction of sp³-hybridized carbons (Fsp3) is 0.395. The number of esters is 2. The van der Waals surface area contributed by atoms with Crippen molar-refractivity contribution in [3.8, 4) is 0 Å². The SMILES string of the molecule is Nc1nc(/C(=N/OCc2cccnc2)C(=O)C[C@@H]2C(=O)N3[C@@H]2[S@@](=O)C[C@@H]2CC(=O)O[C@@]23C(=O)O)cs1.[B]OC(=O)[C@]12OC(=O)C[C@H]1C[S@](=O)[C@@H]1[C@H](CC(=O)/C(=N\OCc3cccnc3)c3csc(C)n3)C(=O)N12. The third kappa shape index (κ3) is 9.19. The van der Waals surface area contributed by atoms with Gasteiger partial charge in [0.25, 0.3) is 11.4 Å². The van der Waals surface area contributed by atoms with E-state index in [1.165, 1.54) is 16.7 Å². The van der Waals surface area contributed by atoms with Gasteiger partial charge < -0.3 is 34.6 Å². The molecule has 4 aromatic rings. The number of carbonyl (C=O) groups excluding carboxylic acids is 7. The molecule has 10 atom stereocenters. The number of ether oxygens (including phenoxy) is 2. The number of pyridine rings is 2. The van der Waals surface area contributed by atoms with Crippen molar-refractivity contribution in [1.82, 2.24) is 29.7 Å². The van der Waals surface area contributed by atoms with Crippen LogP contribution in [0.4, 0.5) is 5.13 Å². The first-order chi connectivity index (χ1) is 35.0. The van der Waals surface area contributed by atoms with Crippen molar-refractivity contribution in [2.24, 2.45) is 34.0 Å². The number of β-lactam (4-membered cyclic amide) rings is 2. The van der Waals surface area contributed by atoms with Crippen LogP contribution in [-0.4, -0.2) is 144 Å². The number of ketones is 2. The summed E-state index contributed by atoms with van der Waals surface area (Å²) in [5.74, 6) is -10.9. The molecule has 0 saturated carbocycles. The summed E-state index contributed by atoms with van der Waals surface area (Å²) in [6.45, 7) is 1.83. The number of aryl methyl sites for hydroxylation is 1. The number of nitrogens with two attached hydrogens (primary N) is 1. The van der Waals surface area contributed by atoms with Gasteiger partial charge in [0.2, 0.25) is 11.8 Å². The van der Waals surface area contributed by atoms with Gasteiger partial charge in [0, 0.05) is 92.6 Å². The van der Waals surface area contributed by atoms with Gasteiger partial charge in [-0.05, 0) is 19.1 Å². The lowest BCUT2D eigenvalue weighted by Gasteiger charge is -2.56. The van der Waals surface area contributed by atoms with Crippen LogP contribution in [0.1, 0.15) is 53.2 Å². The predicted molar refractivity (Wildman–Crippen MR) is 251 cm³/mol. The number of Topliss-reactive ketones (excluding diaryl/α,β-unsaturated/α-hetero) is 2. The summed E-state index contributed by atoms with van der Waals surface area (Å²) in [6.07, 6.45) is 5.10. The second-order valence-corrected chi connectivity index (χ2v) is 22.2. The van der Waals surface area contributed by atoms with Gasteiger partial charge in [-0.1, -0.05) is 22.4 Å². The zero-order valence-electron chi connectivity index (χ0n) is 37.8. The summed E-state index contributed by atoms with van der Waals surface area (Å²) < 4.78 is 40.7. The summed E-state index contributed by atoms with van der Waals surface area (Å²) in [4.78, 5) is 130. The number of thiazole rings is 2. The van der Waals surface area contributed by atoms with Gasteiger partial charge in [-0.3, -0.25) is 57.0 Å². The number of anilines is 1. The highest BCUT2D eigenvalue weighted by molar-refractivity contribution is 7.86. The zero-order chi connectivity index (χ0) is 51.9. The van der Waals surface area contributed by atoms with E-state index in [0.717, 1.165) is 26.7 Å². The van der Waals surface area contributed by atoms with Crippen LogP contribution in [0.25, 0.3) is 0 Å². The first kappa shape index (κ1) is 50.8. The number of aliphatic carboxylic acids is 1. The van der Waals surface area contributed by atoms with E-state index in [1.807, 2.05) is 0 Å². The Balaban J connectivity index is 0.000000180. The Hall–Kier alpha value is -7.18. The maximum atomic E-state index is 13.3. The molecule has 6 fully saturated rings. The average molecular weight is 1080 g/mol. The van der Waals surface area contributed by atoms with Gasteiger partial charge in [0.15, 0.2) is 28.1 Å². The smallest absolute Gasteiger partial charge is 0.378 e. The molecular formula is C43H38BN9O16S4. The van der Waals surface area contributed by atoms with Gasteiger partial charge in [-0.15, -0.1) is 22.7 Å². The van der Waals surface area contributed by atoms with E-state index in [1.54, 1.807) is 61.4 Å². The number of amides is 2. The van der Waals surface area contributed by atoms with Crippen LogP contribution in [0.15, 0.2) is 70.1 Å². The summed E-state index contributed by atoms with van der Waals surface area (Å²) in [5, 5.41) is 19.7. The molecule has 378 valence electrons. The Kier molecular flexibility index (Phi) is 14.2. The van der Waals surface area contributed by atoms with Crippen molar-refractivity contribution in [3.63, 3.8) is 0 Å². The quantitative estimate of drug-likeness (QED) is 0.0492. The maximum absolute atomic E-state index is 13.3. The van der Waals surface area contributed by atoms with Crippen molar-refractivity contribution in [1.29, 1.82) is 0 Å². The normalized spacial score (nSPS) is 28.8. The maximum Gasteiger partial charge on any atom is 0.378 e. The molecule has 4 aromatic heterocycles. The first-order valence-electron chi connectivity index (χ1n) is 21.8. The molecule has 2 radical (unpaired) electrons. The van der Waals surface area contributed by atoms with Crippen LogP contribution < -0.4 is 5.73 Å². The van der Waals surface area contributed by atoms with E-state index >= 15 is 0 Å². The molecular weight excluding hydrogens is 1040 g/mol. The molecule has 0 spiro atoms. The van der Waals surface area contributed by atoms with E-state index in [4.69, 9.17) is 32.9 Å². The van der Waals surface area contributed by atoms with Crippen LogP contribution in [0.5, 0.6) is 0 Å². The number of rotatable bonds is 16. The van der Waals surface area contributed by atoms with Crippen molar-refractivity contribution in [3.05, 3.63) is 87.3 Å². The number of hydrogen-bond donors (Lipinski definition) is 2.